The van der Waals surface area contributed by atoms with Crippen LogP contribution >= 0.6 is 0 Å². The molecular formula is C18H22N2O3. The van der Waals surface area contributed by atoms with Gasteiger partial charge in [-0.15, -0.1) is 0 Å². The van der Waals surface area contributed by atoms with E-state index in [0.29, 0.717) is 5.76 Å². The number of urea groups is 1. The summed E-state index contributed by atoms with van der Waals surface area (Å²) in [6.45, 7) is 0. The van der Waals surface area contributed by atoms with Gasteiger partial charge in [0.25, 0.3) is 0 Å². The van der Waals surface area contributed by atoms with Crippen LogP contribution in [0.25, 0.3) is 0 Å². The van der Waals surface area contributed by atoms with Crippen LogP contribution in [0.15, 0.2) is 53.1 Å². The van der Waals surface area contributed by atoms with Crippen LogP contribution < -0.4 is 10.6 Å². The Morgan fingerprint density at radius 1 is 1.22 bits per heavy atom. The van der Waals surface area contributed by atoms with E-state index < -0.39 is 0 Å². The number of benzene rings is 1. The highest BCUT2D eigenvalue weighted by Crippen LogP contribution is 2.23. The summed E-state index contributed by atoms with van der Waals surface area (Å²) in [7, 11) is 1.72. The fraction of sp³-hybridized carbons (Fsp3) is 0.389. The maximum Gasteiger partial charge on any atom is 0.315 e. The highest BCUT2D eigenvalue weighted by Gasteiger charge is 2.27. The van der Waals surface area contributed by atoms with Gasteiger partial charge in [0.1, 0.15) is 11.8 Å². The van der Waals surface area contributed by atoms with Crippen LogP contribution in [-0.4, -0.2) is 25.3 Å². The van der Waals surface area contributed by atoms with Gasteiger partial charge in [-0.05, 0) is 37.0 Å². The first-order chi connectivity index (χ1) is 11.3. The molecular weight excluding hydrogens is 292 g/mol. The third kappa shape index (κ3) is 3.93. The maximum atomic E-state index is 12.4. The van der Waals surface area contributed by atoms with Gasteiger partial charge in [-0.25, -0.2) is 4.79 Å². The average molecular weight is 314 g/mol. The van der Waals surface area contributed by atoms with Crippen molar-refractivity contribution in [1.82, 2.24) is 10.6 Å². The van der Waals surface area contributed by atoms with Crippen molar-refractivity contribution in [2.45, 2.75) is 37.5 Å². The number of amides is 2. The predicted octanol–water partition coefficient (Wildman–Crippen LogP) is 3.24. The number of carbonyl (C=O) groups excluding carboxylic acids is 1. The van der Waals surface area contributed by atoms with Crippen LogP contribution in [-0.2, 0) is 4.74 Å². The minimum absolute atomic E-state index is 0.160. The summed E-state index contributed by atoms with van der Waals surface area (Å²) in [4.78, 5) is 12.4. The fourth-order valence-electron chi connectivity index (χ4n) is 3.06. The summed E-state index contributed by atoms with van der Waals surface area (Å²) in [5.74, 6) is 0.715. The number of carbonyl (C=O) groups is 1. The highest BCUT2D eigenvalue weighted by atomic mass is 16.5. The van der Waals surface area contributed by atoms with Crippen LogP contribution in [0, 0.1) is 0 Å². The molecule has 1 aromatic carbocycles. The molecule has 5 nitrogen and oxygen atoms in total. The van der Waals surface area contributed by atoms with Crippen molar-refractivity contribution in [3.8, 4) is 0 Å². The molecule has 0 saturated heterocycles. The summed E-state index contributed by atoms with van der Waals surface area (Å²) in [5.41, 5.74) is 0.985. The van der Waals surface area contributed by atoms with E-state index in [-0.39, 0.29) is 24.2 Å². The normalized spacial score (nSPS) is 21.8. The minimum Gasteiger partial charge on any atom is -0.467 e. The molecule has 122 valence electrons. The second kappa shape index (κ2) is 7.33. The largest absolute Gasteiger partial charge is 0.467 e. The van der Waals surface area contributed by atoms with Crippen molar-refractivity contribution < 1.29 is 13.9 Å². The van der Waals surface area contributed by atoms with Crippen molar-refractivity contribution in [2.24, 2.45) is 0 Å². The average Bonchev–Trinajstić information content (AvgIpc) is 3.25. The van der Waals surface area contributed by atoms with E-state index in [0.717, 1.165) is 24.8 Å². The van der Waals surface area contributed by atoms with Crippen molar-refractivity contribution in [3.05, 3.63) is 60.1 Å². The fourth-order valence-corrected chi connectivity index (χ4v) is 3.06. The number of methoxy groups -OCH3 is 1. The Bertz CT molecular complexity index is 612. The first kappa shape index (κ1) is 15.6. The highest BCUT2D eigenvalue weighted by molar-refractivity contribution is 5.75. The molecule has 2 amide bonds. The van der Waals surface area contributed by atoms with E-state index in [2.05, 4.69) is 10.6 Å². The second-order valence-corrected chi connectivity index (χ2v) is 5.84. The Morgan fingerprint density at radius 3 is 2.70 bits per heavy atom. The SMILES string of the molecule is COC1CCC(NC(=O)NC(c2ccccc2)c2ccco2)C1. The summed E-state index contributed by atoms with van der Waals surface area (Å²) >= 11 is 0. The zero-order valence-corrected chi connectivity index (χ0v) is 13.2. The van der Waals surface area contributed by atoms with Crippen molar-refractivity contribution in [1.29, 1.82) is 0 Å². The molecule has 2 N–H and O–H groups in total. The minimum atomic E-state index is -0.300. The van der Waals surface area contributed by atoms with Crippen LogP contribution in [0.4, 0.5) is 4.79 Å². The molecule has 0 bridgehead atoms. The number of nitrogens with one attached hydrogen (secondary N) is 2. The number of hydrogen-bond acceptors (Lipinski definition) is 3. The van der Waals surface area contributed by atoms with Gasteiger partial charge < -0.3 is 19.8 Å². The predicted molar refractivity (Wildman–Crippen MR) is 87.1 cm³/mol. The Balaban J connectivity index is 1.66. The van der Waals surface area contributed by atoms with Crippen LogP contribution in [0.5, 0.6) is 0 Å². The number of furan rings is 1. The zero-order valence-electron chi connectivity index (χ0n) is 13.2. The van der Waals surface area contributed by atoms with Gasteiger partial charge in [0, 0.05) is 13.2 Å². The molecule has 0 aliphatic heterocycles. The third-order valence-corrected chi connectivity index (χ3v) is 4.29. The van der Waals surface area contributed by atoms with Gasteiger partial charge in [-0.3, -0.25) is 0 Å². The molecule has 23 heavy (non-hydrogen) atoms. The van der Waals surface area contributed by atoms with E-state index in [1.807, 2.05) is 42.5 Å². The first-order valence-corrected chi connectivity index (χ1v) is 7.94. The molecule has 0 spiro atoms. The zero-order chi connectivity index (χ0) is 16.1. The van der Waals surface area contributed by atoms with E-state index in [1.54, 1.807) is 13.4 Å². The van der Waals surface area contributed by atoms with Crippen LogP contribution in [0.3, 0.4) is 0 Å². The lowest BCUT2D eigenvalue weighted by Gasteiger charge is -2.20. The Morgan fingerprint density at radius 2 is 2.04 bits per heavy atom. The van der Waals surface area contributed by atoms with Crippen molar-refractivity contribution >= 4 is 6.03 Å². The quantitative estimate of drug-likeness (QED) is 0.890. The first-order valence-electron chi connectivity index (χ1n) is 7.94. The van der Waals surface area contributed by atoms with Gasteiger partial charge in [0.2, 0.25) is 0 Å². The van der Waals surface area contributed by atoms with Crippen LogP contribution in [0.2, 0.25) is 0 Å². The number of hydrogen-bond donors (Lipinski definition) is 2. The van der Waals surface area contributed by atoms with E-state index in [1.165, 1.54) is 0 Å². The molecule has 1 heterocycles. The topological polar surface area (TPSA) is 63.5 Å². The molecule has 1 aliphatic rings. The third-order valence-electron chi connectivity index (χ3n) is 4.29. The van der Waals surface area contributed by atoms with Crippen LogP contribution in [0.1, 0.15) is 36.6 Å². The monoisotopic (exact) mass is 314 g/mol. The Hall–Kier alpha value is -2.27. The van der Waals surface area contributed by atoms with E-state index in [9.17, 15) is 4.79 Å². The molecule has 3 unspecified atom stereocenters. The molecule has 1 fully saturated rings. The number of ether oxygens (including phenoxy) is 1. The summed E-state index contributed by atoms with van der Waals surface area (Å²) in [6.07, 6.45) is 4.66. The van der Waals surface area contributed by atoms with Gasteiger partial charge in [-0.2, -0.15) is 0 Å². The molecule has 1 saturated carbocycles. The number of rotatable bonds is 5. The summed E-state index contributed by atoms with van der Waals surface area (Å²) in [5, 5.41) is 6.04. The van der Waals surface area contributed by atoms with Crippen molar-refractivity contribution in [2.75, 3.05) is 7.11 Å². The molecule has 3 atom stereocenters. The van der Waals surface area contributed by atoms with Gasteiger partial charge in [0.15, 0.2) is 0 Å². The van der Waals surface area contributed by atoms with Gasteiger partial charge in [0.05, 0.1) is 12.4 Å². The van der Waals surface area contributed by atoms with Gasteiger partial charge >= 0.3 is 6.03 Å². The molecule has 5 heteroatoms. The van der Waals surface area contributed by atoms with Crippen molar-refractivity contribution in [3.63, 3.8) is 0 Å². The lowest BCUT2D eigenvalue weighted by atomic mass is 10.0. The second-order valence-electron chi connectivity index (χ2n) is 5.84. The molecule has 1 aliphatic carbocycles. The molecule has 0 radical (unpaired) electrons. The van der Waals surface area contributed by atoms with Gasteiger partial charge in [-0.1, -0.05) is 30.3 Å². The lowest BCUT2D eigenvalue weighted by Crippen LogP contribution is -2.43. The molecule has 1 aromatic heterocycles. The Kier molecular flexibility index (Phi) is 4.98. The maximum absolute atomic E-state index is 12.4. The summed E-state index contributed by atoms with van der Waals surface area (Å²) < 4.78 is 10.8. The van der Waals surface area contributed by atoms with E-state index >= 15 is 0 Å². The Labute approximate surface area is 136 Å². The molecule has 3 rings (SSSR count). The molecule has 2 aromatic rings. The summed E-state index contributed by atoms with van der Waals surface area (Å²) in [6, 6.07) is 13.2. The lowest BCUT2D eigenvalue weighted by molar-refractivity contribution is 0.107. The van der Waals surface area contributed by atoms with E-state index in [4.69, 9.17) is 9.15 Å². The standard InChI is InChI=1S/C18H22N2O3/c1-22-15-10-9-14(12-15)19-18(21)20-17(16-8-5-11-23-16)13-6-3-2-4-7-13/h2-8,11,14-15,17H,9-10,12H2,1H3,(H2,19,20,21). The smallest absolute Gasteiger partial charge is 0.315 e.